The van der Waals surface area contributed by atoms with Crippen molar-refractivity contribution in [2.75, 3.05) is 24.9 Å². The van der Waals surface area contributed by atoms with E-state index in [2.05, 4.69) is 10.6 Å². The van der Waals surface area contributed by atoms with Gasteiger partial charge in [-0.2, -0.15) is 0 Å². The lowest BCUT2D eigenvalue weighted by Gasteiger charge is -2.13. The van der Waals surface area contributed by atoms with Gasteiger partial charge in [0.2, 0.25) is 0 Å². The van der Waals surface area contributed by atoms with Crippen LogP contribution in [0.15, 0.2) is 66.7 Å². The van der Waals surface area contributed by atoms with Crippen LogP contribution in [0, 0.1) is 0 Å². The summed E-state index contributed by atoms with van der Waals surface area (Å²) in [6, 6.07) is 18.5. The molecule has 0 aliphatic rings. The van der Waals surface area contributed by atoms with Gasteiger partial charge in [-0.3, -0.25) is 9.59 Å². The van der Waals surface area contributed by atoms with Crippen LogP contribution in [0.5, 0.6) is 11.5 Å². The van der Waals surface area contributed by atoms with Crippen molar-refractivity contribution < 1.29 is 19.1 Å². The van der Waals surface area contributed by atoms with Crippen molar-refractivity contribution >= 4 is 34.8 Å². The van der Waals surface area contributed by atoms with Gasteiger partial charge in [0.05, 0.1) is 31.0 Å². The van der Waals surface area contributed by atoms with Gasteiger partial charge in [0, 0.05) is 16.8 Å². The molecule has 0 saturated carbocycles. The van der Waals surface area contributed by atoms with Crippen molar-refractivity contribution in [3.05, 3.63) is 82.9 Å². The monoisotopic (exact) mass is 410 g/mol. The van der Waals surface area contributed by atoms with Crippen LogP contribution in [0.4, 0.5) is 11.4 Å². The summed E-state index contributed by atoms with van der Waals surface area (Å²) in [5, 5.41) is 5.96. The third-order valence-electron chi connectivity index (χ3n) is 4.15. The lowest BCUT2D eigenvalue weighted by atomic mass is 10.1. The summed E-state index contributed by atoms with van der Waals surface area (Å²) in [6.07, 6.45) is 0. The van der Waals surface area contributed by atoms with Gasteiger partial charge in [-0.1, -0.05) is 29.8 Å². The number of rotatable bonds is 6. The first-order valence-electron chi connectivity index (χ1n) is 8.71. The number of hydrogen-bond donors (Lipinski definition) is 2. The molecule has 3 aromatic carbocycles. The molecule has 0 heterocycles. The maximum atomic E-state index is 12.8. The maximum absolute atomic E-state index is 12.8. The second kappa shape index (κ2) is 9.12. The number of halogens is 1. The molecular formula is C22H19ClN2O4. The molecule has 7 heteroatoms. The minimum atomic E-state index is -0.439. The molecule has 2 amide bonds. The lowest BCUT2D eigenvalue weighted by molar-refractivity contribution is 0.102. The molecule has 0 atom stereocenters. The Morgan fingerprint density at radius 1 is 0.793 bits per heavy atom. The van der Waals surface area contributed by atoms with Crippen molar-refractivity contribution in [3.63, 3.8) is 0 Å². The first-order chi connectivity index (χ1) is 14.0. The van der Waals surface area contributed by atoms with Gasteiger partial charge < -0.3 is 20.1 Å². The van der Waals surface area contributed by atoms with Crippen molar-refractivity contribution in [1.29, 1.82) is 0 Å². The van der Waals surface area contributed by atoms with E-state index in [0.717, 1.165) is 0 Å². The molecule has 3 rings (SSSR count). The number of carbonyl (C=O) groups is 2. The molecule has 0 radical (unpaired) electrons. The maximum Gasteiger partial charge on any atom is 0.259 e. The Labute approximate surface area is 173 Å². The Hall–Kier alpha value is -3.51. The molecule has 6 nitrogen and oxygen atoms in total. The van der Waals surface area contributed by atoms with E-state index in [0.29, 0.717) is 33.5 Å². The van der Waals surface area contributed by atoms with Gasteiger partial charge >= 0.3 is 0 Å². The Morgan fingerprint density at radius 2 is 1.55 bits per heavy atom. The Kier molecular flexibility index (Phi) is 6.36. The van der Waals surface area contributed by atoms with E-state index < -0.39 is 5.91 Å². The van der Waals surface area contributed by atoms with E-state index in [1.165, 1.54) is 13.2 Å². The number of nitrogens with one attached hydrogen (secondary N) is 2. The first kappa shape index (κ1) is 20.2. The largest absolute Gasteiger partial charge is 0.497 e. The summed E-state index contributed by atoms with van der Waals surface area (Å²) >= 11 is 6.01. The zero-order valence-corrected chi connectivity index (χ0v) is 16.6. The fraction of sp³-hybridized carbons (Fsp3) is 0.0909. The summed E-state index contributed by atoms with van der Waals surface area (Å²) in [4.78, 5) is 25.5. The van der Waals surface area contributed by atoms with Crippen LogP contribution in [-0.4, -0.2) is 26.0 Å². The molecule has 0 aliphatic heterocycles. The summed E-state index contributed by atoms with van der Waals surface area (Å²) in [5.74, 6) is 0.195. The van der Waals surface area contributed by atoms with Gasteiger partial charge in [-0.25, -0.2) is 0 Å². The molecule has 0 spiro atoms. The molecule has 148 valence electrons. The third-order valence-corrected chi connectivity index (χ3v) is 4.39. The van der Waals surface area contributed by atoms with E-state index >= 15 is 0 Å². The second-order valence-corrected chi connectivity index (χ2v) is 6.47. The van der Waals surface area contributed by atoms with Gasteiger partial charge in [0.25, 0.3) is 11.8 Å². The zero-order valence-electron chi connectivity index (χ0n) is 15.9. The highest BCUT2D eigenvalue weighted by Gasteiger charge is 2.17. The molecule has 3 aromatic rings. The quantitative estimate of drug-likeness (QED) is 0.608. The number of benzene rings is 3. The topological polar surface area (TPSA) is 76.7 Å². The Balaban J connectivity index is 1.84. The van der Waals surface area contributed by atoms with Crippen LogP contribution in [0.1, 0.15) is 20.7 Å². The van der Waals surface area contributed by atoms with Crippen LogP contribution in [0.3, 0.4) is 0 Å². The highest BCUT2D eigenvalue weighted by atomic mass is 35.5. The number of amides is 2. The van der Waals surface area contributed by atoms with E-state index in [1.807, 2.05) is 0 Å². The molecule has 29 heavy (non-hydrogen) atoms. The van der Waals surface area contributed by atoms with Crippen LogP contribution < -0.4 is 20.1 Å². The van der Waals surface area contributed by atoms with Crippen molar-refractivity contribution in [1.82, 2.24) is 0 Å². The lowest BCUT2D eigenvalue weighted by Crippen LogP contribution is -2.18. The van der Waals surface area contributed by atoms with Crippen LogP contribution in [-0.2, 0) is 0 Å². The molecule has 0 fully saturated rings. The third kappa shape index (κ3) is 4.86. The summed E-state index contributed by atoms with van der Waals surface area (Å²) in [6.45, 7) is 0. The predicted octanol–water partition coefficient (Wildman–Crippen LogP) is 4.86. The smallest absolute Gasteiger partial charge is 0.259 e. The molecule has 0 bridgehead atoms. The van der Waals surface area contributed by atoms with E-state index in [9.17, 15) is 9.59 Å². The fourth-order valence-corrected chi connectivity index (χ4v) is 2.91. The number of ether oxygens (including phenoxy) is 2. The second-order valence-electron chi connectivity index (χ2n) is 6.03. The normalized spacial score (nSPS) is 10.2. The van der Waals surface area contributed by atoms with Crippen LogP contribution in [0.25, 0.3) is 0 Å². The first-order valence-corrected chi connectivity index (χ1v) is 9.09. The number of methoxy groups -OCH3 is 2. The standard InChI is InChI=1S/C22H19ClN2O4/c1-28-16-7-5-6-15(13-16)24-21(26)17-8-3-4-9-19(17)25-22(27)18-12-14(23)10-11-20(18)29-2/h3-13H,1-2H3,(H,24,26)(H,25,27). The predicted molar refractivity (Wildman–Crippen MR) is 113 cm³/mol. The highest BCUT2D eigenvalue weighted by Crippen LogP contribution is 2.25. The fourth-order valence-electron chi connectivity index (χ4n) is 2.74. The Morgan fingerprint density at radius 3 is 2.31 bits per heavy atom. The average molecular weight is 411 g/mol. The van der Waals surface area contributed by atoms with E-state index in [1.54, 1.807) is 67.8 Å². The highest BCUT2D eigenvalue weighted by molar-refractivity contribution is 6.31. The van der Waals surface area contributed by atoms with Gasteiger partial charge in [0.1, 0.15) is 11.5 Å². The number of anilines is 2. The van der Waals surface area contributed by atoms with E-state index in [4.69, 9.17) is 21.1 Å². The SMILES string of the molecule is COc1cccc(NC(=O)c2ccccc2NC(=O)c2cc(Cl)ccc2OC)c1. The van der Waals surface area contributed by atoms with Crippen molar-refractivity contribution in [3.8, 4) is 11.5 Å². The summed E-state index contributed by atoms with van der Waals surface area (Å²) < 4.78 is 10.4. The molecule has 2 N–H and O–H groups in total. The molecule has 0 aromatic heterocycles. The minimum Gasteiger partial charge on any atom is -0.497 e. The zero-order chi connectivity index (χ0) is 20.8. The number of para-hydroxylation sites is 1. The van der Waals surface area contributed by atoms with Crippen molar-refractivity contribution in [2.24, 2.45) is 0 Å². The van der Waals surface area contributed by atoms with Crippen LogP contribution in [0.2, 0.25) is 5.02 Å². The molecule has 0 unspecified atom stereocenters. The molecule has 0 saturated heterocycles. The molecular weight excluding hydrogens is 392 g/mol. The van der Waals surface area contributed by atoms with Gasteiger partial charge in [0.15, 0.2) is 0 Å². The Bertz CT molecular complexity index is 1050. The van der Waals surface area contributed by atoms with Gasteiger partial charge in [-0.15, -0.1) is 0 Å². The number of hydrogen-bond acceptors (Lipinski definition) is 4. The van der Waals surface area contributed by atoms with Crippen molar-refractivity contribution in [2.45, 2.75) is 0 Å². The number of carbonyl (C=O) groups excluding carboxylic acids is 2. The summed E-state index contributed by atoms with van der Waals surface area (Å²) in [5.41, 5.74) is 1.51. The average Bonchev–Trinajstić information content (AvgIpc) is 2.74. The molecule has 0 aliphatic carbocycles. The summed E-state index contributed by atoms with van der Waals surface area (Å²) in [7, 11) is 3.02. The van der Waals surface area contributed by atoms with E-state index in [-0.39, 0.29) is 11.5 Å². The van der Waals surface area contributed by atoms with Gasteiger partial charge in [-0.05, 0) is 42.5 Å². The minimum absolute atomic E-state index is 0.267. The van der Waals surface area contributed by atoms with Crippen LogP contribution >= 0.6 is 11.6 Å².